The molecular weight excluding hydrogens is 275 g/mol. The second-order valence-corrected chi connectivity index (χ2v) is 6.51. The predicted octanol–water partition coefficient (Wildman–Crippen LogP) is -0.558. The molecule has 1 aromatic carbocycles. The van der Waals surface area contributed by atoms with Gasteiger partial charge in [0, 0.05) is 24.3 Å². The van der Waals surface area contributed by atoms with Gasteiger partial charge in [0.2, 0.25) is 10.0 Å². The third-order valence-corrected chi connectivity index (χ3v) is 5.03. The molecular formula is C11H15FN2O4S. The summed E-state index contributed by atoms with van der Waals surface area (Å²) >= 11 is 0. The van der Waals surface area contributed by atoms with Gasteiger partial charge in [-0.15, -0.1) is 0 Å². The normalized spacial score (nSPS) is 24.8. The summed E-state index contributed by atoms with van der Waals surface area (Å²) in [5.41, 5.74) is 5.77. The molecule has 2 unspecified atom stereocenters. The third-order valence-electron chi connectivity index (χ3n) is 3.22. The van der Waals surface area contributed by atoms with E-state index in [1.54, 1.807) is 0 Å². The van der Waals surface area contributed by atoms with Crippen molar-refractivity contribution in [1.82, 2.24) is 4.31 Å². The highest BCUT2D eigenvalue weighted by Gasteiger charge is 2.37. The van der Waals surface area contributed by atoms with Crippen molar-refractivity contribution < 1.29 is 23.0 Å². The second kappa shape index (κ2) is 4.71. The van der Waals surface area contributed by atoms with Crippen LogP contribution in [0, 0.1) is 12.7 Å². The fourth-order valence-electron chi connectivity index (χ4n) is 1.90. The maximum atomic E-state index is 13.5. The van der Waals surface area contributed by atoms with Gasteiger partial charge in [0.15, 0.2) is 0 Å². The lowest BCUT2D eigenvalue weighted by Crippen LogP contribution is -2.30. The Hall–Kier alpha value is -1.22. The van der Waals surface area contributed by atoms with Crippen molar-refractivity contribution in [1.29, 1.82) is 0 Å². The molecule has 1 saturated heterocycles. The molecule has 106 valence electrons. The van der Waals surface area contributed by atoms with Crippen LogP contribution in [0.3, 0.4) is 0 Å². The standard InChI is InChI=1S/C11H15FN2O4S/c1-6-8(12)2-7(3-9(6)13)19(17,18)14-4-10(15)11(16)5-14/h2-3,10-11,15-16H,4-5,13H2,1H3. The number of β-amino-alcohol motifs (C(OH)–C–C–N with tert-alkyl or cyclic N) is 2. The SMILES string of the molecule is Cc1c(N)cc(S(=O)(=O)N2CC(O)C(O)C2)cc1F. The highest BCUT2D eigenvalue weighted by molar-refractivity contribution is 7.89. The van der Waals surface area contributed by atoms with Crippen LogP contribution in [0.25, 0.3) is 0 Å². The fourth-order valence-corrected chi connectivity index (χ4v) is 3.43. The number of nitrogen functional groups attached to an aromatic ring is 1. The molecule has 0 aromatic heterocycles. The third kappa shape index (κ3) is 2.44. The summed E-state index contributed by atoms with van der Waals surface area (Å²) in [6, 6.07) is 2.06. The number of rotatable bonds is 2. The molecule has 0 bridgehead atoms. The minimum Gasteiger partial charge on any atom is -0.398 e. The minimum absolute atomic E-state index is 0.0406. The summed E-state index contributed by atoms with van der Waals surface area (Å²) in [6.07, 6.45) is -2.27. The first-order valence-electron chi connectivity index (χ1n) is 5.65. The summed E-state index contributed by atoms with van der Waals surface area (Å²) in [6.45, 7) is 1.00. The van der Waals surface area contributed by atoms with Crippen LogP contribution in [0.4, 0.5) is 10.1 Å². The van der Waals surface area contributed by atoms with E-state index in [0.29, 0.717) is 0 Å². The Balaban J connectivity index is 2.41. The lowest BCUT2D eigenvalue weighted by Gasteiger charge is -2.16. The monoisotopic (exact) mass is 290 g/mol. The van der Waals surface area contributed by atoms with Crippen molar-refractivity contribution in [3.8, 4) is 0 Å². The van der Waals surface area contributed by atoms with Gasteiger partial charge in [0.25, 0.3) is 0 Å². The van der Waals surface area contributed by atoms with Crippen molar-refractivity contribution >= 4 is 15.7 Å². The summed E-state index contributed by atoms with van der Waals surface area (Å²) in [5, 5.41) is 18.8. The average molecular weight is 290 g/mol. The van der Waals surface area contributed by atoms with Gasteiger partial charge < -0.3 is 15.9 Å². The minimum atomic E-state index is -3.97. The number of aliphatic hydroxyl groups is 2. The van der Waals surface area contributed by atoms with Crippen LogP contribution < -0.4 is 5.73 Å². The zero-order valence-corrected chi connectivity index (χ0v) is 11.1. The molecule has 2 rings (SSSR count). The highest BCUT2D eigenvalue weighted by Crippen LogP contribution is 2.26. The second-order valence-electron chi connectivity index (χ2n) is 4.58. The number of benzene rings is 1. The Morgan fingerprint density at radius 1 is 1.32 bits per heavy atom. The topological polar surface area (TPSA) is 104 Å². The first-order valence-corrected chi connectivity index (χ1v) is 7.09. The molecule has 1 aliphatic rings. The molecule has 6 nitrogen and oxygen atoms in total. The van der Waals surface area contributed by atoms with Crippen LogP contribution in [0.2, 0.25) is 0 Å². The summed E-state index contributed by atoms with van der Waals surface area (Å²) in [4.78, 5) is -0.283. The van der Waals surface area contributed by atoms with Crippen LogP contribution in [-0.2, 0) is 10.0 Å². The lowest BCUT2D eigenvalue weighted by atomic mass is 10.2. The van der Waals surface area contributed by atoms with E-state index < -0.39 is 28.0 Å². The van der Waals surface area contributed by atoms with Gasteiger partial charge in [0.05, 0.1) is 17.1 Å². The zero-order valence-electron chi connectivity index (χ0n) is 10.2. The Bertz CT molecular complexity index is 572. The van der Waals surface area contributed by atoms with Crippen LogP contribution in [0.1, 0.15) is 5.56 Å². The molecule has 0 aliphatic carbocycles. The van der Waals surface area contributed by atoms with Gasteiger partial charge in [-0.2, -0.15) is 4.31 Å². The van der Waals surface area contributed by atoms with Gasteiger partial charge in [-0.3, -0.25) is 0 Å². The number of hydrogen-bond acceptors (Lipinski definition) is 5. The fraction of sp³-hybridized carbons (Fsp3) is 0.455. The van der Waals surface area contributed by atoms with E-state index in [1.807, 2.05) is 0 Å². The first kappa shape index (κ1) is 14.2. The molecule has 4 N–H and O–H groups in total. The number of aliphatic hydroxyl groups excluding tert-OH is 2. The predicted molar refractivity (Wildman–Crippen MR) is 66.3 cm³/mol. The van der Waals surface area contributed by atoms with E-state index >= 15 is 0 Å². The Morgan fingerprint density at radius 2 is 1.84 bits per heavy atom. The van der Waals surface area contributed by atoms with Gasteiger partial charge in [-0.25, -0.2) is 12.8 Å². The maximum Gasteiger partial charge on any atom is 0.243 e. The molecule has 1 aromatic rings. The van der Waals surface area contributed by atoms with Crippen LogP contribution in [0.15, 0.2) is 17.0 Å². The maximum absolute atomic E-state index is 13.5. The Kier molecular flexibility index (Phi) is 3.52. The quantitative estimate of drug-likeness (QED) is 0.634. The molecule has 0 radical (unpaired) electrons. The van der Waals surface area contributed by atoms with Crippen molar-refractivity contribution in [2.45, 2.75) is 24.0 Å². The van der Waals surface area contributed by atoms with Gasteiger partial charge in [-0.05, 0) is 19.1 Å². The molecule has 1 fully saturated rings. The number of halogens is 1. The van der Waals surface area contributed by atoms with E-state index in [9.17, 15) is 23.0 Å². The molecule has 0 saturated carbocycles. The summed E-state index contributed by atoms with van der Waals surface area (Å²) in [7, 11) is -3.97. The van der Waals surface area contributed by atoms with Crippen molar-refractivity contribution in [2.24, 2.45) is 0 Å². The van der Waals surface area contributed by atoms with E-state index in [0.717, 1.165) is 10.4 Å². The molecule has 2 atom stereocenters. The van der Waals surface area contributed by atoms with Gasteiger partial charge in [-0.1, -0.05) is 0 Å². The van der Waals surface area contributed by atoms with E-state index in [2.05, 4.69) is 0 Å². The molecule has 1 aliphatic heterocycles. The number of sulfonamides is 1. The number of nitrogens with two attached hydrogens (primary N) is 1. The van der Waals surface area contributed by atoms with Crippen molar-refractivity contribution in [2.75, 3.05) is 18.8 Å². The smallest absolute Gasteiger partial charge is 0.243 e. The number of nitrogens with zero attached hydrogens (tertiary/aromatic N) is 1. The van der Waals surface area contributed by atoms with Crippen LogP contribution in [-0.4, -0.2) is 48.2 Å². The van der Waals surface area contributed by atoms with Crippen LogP contribution in [0.5, 0.6) is 0 Å². The molecule has 0 spiro atoms. The average Bonchev–Trinajstić information content (AvgIpc) is 2.66. The zero-order chi connectivity index (χ0) is 14.4. The first-order chi connectivity index (χ1) is 8.73. The largest absolute Gasteiger partial charge is 0.398 e. The Labute approximate surface area is 110 Å². The van der Waals surface area contributed by atoms with E-state index in [1.165, 1.54) is 13.0 Å². The summed E-state index contributed by atoms with van der Waals surface area (Å²) in [5.74, 6) is -0.709. The van der Waals surface area contributed by atoms with Crippen molar-refractivity contribution in [3.63, 3.8) is 0 Å². The number of anilines is 1. The highest BCUT2D eigenvalue weighted by atomic mass is 32.2. The summed E-state index contributed by atoms with van der Waals surface area (Å²) < 4.78 is 38.9. The lowest BCUT2D eigenvalue weighted by molar-refractivity contribution is 0.0572. The number of hydrogen-bond donors (Lipinski definition) is 3. The molecule has 8 heteroatoms. The molecule has 19 heavy (non-hydrogen) atoms. The van der Waals surface area contributed by atoms with Gasteiger partial charge >= 0.3 is 0 Å². The van der Waals surface area contributed by atoms with E-state index in [-0.39, 0.29) is 29.2 Å². The molecule has 1 heterocycles. The van der Waals surface area contributed by atoms with E-state index in [4.69, 9.17) is 5.73 Å². The molecule has 0 amide bonds. The van der Waals surface area contributed by atoms with Crippen LogP contribution >= 0.6 is 0 Å². The Morgan fingerprint density at radius 3 is 2.32 bits per heavy atom. The van der Waals surface area contributed by atoms with Crippen molar-refractivity contribution in [3.05, 3.63) is 23.5 Å². The van der Waals surface area contributed by atoms with Gasteiger partial charge in [0.1, 0.15) is 5.82 Å².